The number of nitrogens with two attached hydrogens (primary N) is 1. The summed E-state index contributed by atoms with van der Waals surface area (Å²) in [6, 6.07) is 0. The molecule has 0 rings (SSSR count). The molecule has 6 nitrogen and oxygen atoms in total. The number of carbonyl (C=O) groups is 1. The first-order valence-corrected chi connectivity index (χ1v) is 7.68. The van der Waals surface area contributed by atoms with E-state index < -0.39 is 10.0 Å². The van der Waals surface area contributed by atoms with Crippen LogP contribution in [0.5, 0.6) is 0 Å². The second-order valence-corrected chi connectivity index (χ2v) is 5.83. The van der Waals surface area contributed by atoms with Crippen LogP contribution in [-0.2, 0) is 14.8 Å². The fraction of sp³-hybridized carbons (Fsp3) is 0.900. The number of amides is 1. The molecular formula is C10H24ClN3O3S. The Bertz CT molecular complexity index is 322. The highest BCUT2D eigenvalue weighted by molar-refractivity contribution is 7.88. The van der Waals surface area contributed by atoms with E-state index >= 15 is 0 Å². The summed E-state index contributed by atoms with van der Waals surface area (Å²) in [5, 5.41) is 2.73. The molecule has 0 aliphatic heterocycles. The monoisotopic (exact) mass is 301 g/mol. The fourth-order valence-corrected chi connectivity index (χ4v) is 2.32. The highest BCUT2D eigenvalue weighted by atomic mass is 35.5. The molecular weight excluding hydrogens is 278 g/mol. The average Bonchev–Trinajstić information content (AvgIpc) is 2.24. The quantitative estimate of drug-likeness (QED) is 0.583. The minimum Gasteiger partial charge on any atom is -0.356 e. The predicted octanol–water partition coefficient (Wildman–Crippen LogP) is -0.0651. The summed E-state index contributed by atoms with van der Waals surface area (Å²) in [4.78, 5) is 11.2. The first-order chi connectivity index (χ1) is 7.91. The highest BCUT2D eigenvalue weighted by Crippen LogP contribution is 1.98. The van der Waals surface area contributed by atoms with Crippen LogP contribution in [0, 0.1) is 0 Å². The molecule has 0 aromatic carbocycles. The van der Waals surface area contributed by atoms with Crippen LogP contribution in [0.25, 0.3) is 0 Å². The Morgan fingerprint density at radius 2 is 1.94 bits per heavy atom. The van der Waals surface area contributed by atoms with Crippen LogP contribution in [0.15, 0.2) is 0 Å². The molecule has 0 bridgehead atoms. The third kappa shape index (κ3) is 9.64. The van der Waals surface area contributed by atoms with E-state index in [4.69, 9.17) is 5.73 Å². The zero-order valence-electron chi connectivity index (χ0n) is 11.0. The number of halogens is 1. The van der Waals surface area contributed by atoms with E-state index in [-0.39, 0.29) is 18.3 Å². The lowest BCUT2D eigenvalue weighted by Crippen LogP contribution is -2.33. The summed E-state index contributed by atoms with van der Waals surface area (Å²) >= 11 is 0. The van der Waals surface area contributed by atoms with Crippen molar-refractivity contribution in [2.45, 2.75) is 26.2 Å². The smallest absolute Gasteiger partial charge is 0.220 e. The molecule has 8 heteroatoms. The SMILES string of the molecule is CCN(CCCNC(=O)CCCN)S(C)(=O)=O.Cl. The van der Waals surface area contributed by atoms with Gasteiger partial charge in [-0.3, -0.25) is 4.79 Å². The van der Waals surface area contributed by atoms with Crippen LogP contribution in [0.2, 0.25) is 0 Å². The van der Waals surface area contributed by atoms with Gasteiger partial charge in [-0.2, -0.15) is 0 Å². The van der Waals surface area contributed by atoms with Crippen LogP contribution >= 0.6 is 12.4 Å². The largest absolute Gasteiger partial charge is 0.356 e. The Morgan fingerprint density at radius 3 is 2.39 bits per heavy atom. The molecule has 0 saturated carbocycles. The van der Waals surface area contributed by atoms with Gasteiger partial charge in [0.2, 0.25) is 15.9 Å². The zero-order valence-corrected chi connectivity index (χ0v) is 12.6. The topological polar surface area (TPSA) is 92.5 Å². The molecule has 3 N–H and O–H groups in total. The minimum absolute atomic E-state index is 0. The lowest BCUT2D eigenvalue weighted by atomic mass is 10.3. The molecule has 0 unspecified atom stereocenters. The van der Waals surface area contributed by atoms with Gasteiger partial charge in [-0.1, -0.05) is 6.92 Å². The number of hydrogen-bond donors (Lipinski definition) is 2. The molecule has 1 amide bonds. The summed E-state index contributed by atoms with van der Waals surface area (Å²) in [7, 11) is -3.13. The second-order valence-electron chi connectivity index (χ2n) is 3.85. The molecule has 0 aliphatic rings. The first kappa shape index (κ1) is 20.0. The van der Waals surface area contributed by atoms with Crippen molar-refractivity contribution in [2.75, 3.05) is 32.4 Å². The number of carbonyl (C=O) groups excluding carboxylic acids is 1. The third-order valence-corrected chi connectivity index (χ3v) is 3.71. The maximum absolute atomic E-state index is 11.3. The van der Waals surface area contributed by atoms with Crippen LogP contribution in [0.1, 0.15) is 26.2 Å². The molecule has 18 heavy (non-hydrogen) atoms. The first-order valence-electron chi connectivity index (χ1n) is 5.83. The molecule has 0 aromatic rings. The summed E-state index contributed by atoms with van der Waals surface area (Å²) < 4.78 is 23.9. The van der Waals surface area contributed by atoms with Crippen molar-refractivity contribution in [3.63, 3.8) is 0 Å². The van der Waals surface area contributed by atoms with Crippen molar-refractivity contribution in [3.8, 4) is 0 Å². The Kier molecular flexibility index (Phi) is 11.7. The third-order valence-electron chi connectivity index (χ3n) is 2.34. The molecule has 0 aliphatic carbocycles. The lowest BCUT2D eigenvalue weighted by molar-refractivity contribution is -0.121. The summed E-state index contributed by atoms with van der Waals surface area (Å²) in [5.41, 5.74) is 5.28. The fourth-order valence-electron chi connectivity index (χ4n) is 1.39. The van der Waals surface area contributed by atoms with Crippen LogP contribution in [-0.4, -0.2) is 51.1 Å². The normalized spacial score (nSPS) is 11.1. The van der Waals surface area contributed by atoms with E-state index in [1.54, 1.807) is 6.92 Å². The van der Waals surface area contributed by atoms with Crippen molar-refractivity contribution < 1.29 is 13.2 Å². The highest BCUT2D eigenvalue weighted by Gasteiger charge is 2.13. The van der Waals surface area contributed by atoms with Gasteiger partial charge in [0.25, 0.3) is 0 Å². The number of sulfonamides is 1. The summed E-state index contributed by atoms with van der Waals surface area (Å²) in [6.07, 6.45) is 2.92. The average molecular weight is 302 g/mol. The van der Waals surface area contributed by atoms with Crippen LogP contribution in [0.3, 0.4) is 0 Å². The molecule has 0 saturated heterocycles. The van der Waals surface area contributed by atoms with Gasteiger partial charge in [0.15, 0.2) is 0 Å². The van der Waals surface area contributed by atoms with Crippen LogP contribution in [0.4, 0.5) is 0 Å². The number of nitrogens with one attached hydrogen (secondary N) is 1. The van der Waals surface area contributed by atoms with Gasteiger partial charge in [-0.05, 0) is 19.4 Å². The Labute approximate surface area is 116 Å². The molecule has 110 valence electrons. The van der Waals surface area contributed by atoms with Crippen molar-refractivity contribution in [2.24, 2.45) is 5.73 Å². The van der Waals surface area contributed by atoms with Gasteiger partial charge in [0.1, 0.15) is 0 Å². The lowest BCUT2D eigenvalue weighted by Gasteiger charge is -2.17. The summed E-state index contributed by atoms with van der Waals surface area (Å²) in [5.74, 6) is -0.0298. The van der Waals surface area contributed by atoms with E-state index in [1.807, 2.05) is 0 Å². The minimum atomic E-state index is -3.13. The van der Waals surface area contributed by atoms with Crippen molar-refractivity contribution in [1.82, 2.24) is 9.62 Å². The van der Waals surface area contributed by atoms with Gasteiger partial charge >= 0.3 is 0 Å². The van der Waals surface area contributed by atoms with E-state index in [0.29, 0.717) is 45.4 Å². The standard InChI is InChI=1S/C10H23N3O3S.ClH/c1-3-13(17(2,15)16)9-5-8-12-10(14)6-4-7-11;/h3-9,11H2,1-2H3,(H,12,14);1H. The maximum Gasteiger partial charge on any atom is 0.220 e. The van der Waals surface area contributed by atoms with Crippen molar-refractivity contribution in [1.29, 1.82) is 0 Å². The van der Waals surface area contributed by atoms with Gasteiger partial charge in [0.05, 0.1) is 6.26 Å². The molecule has 0 aromatic heterocycles. The Balaban J connectivity index is 0. The molecule has 0 radical (unpaired) electrons. The van der Waals surface area contributed by atoms with Crippen molar-refractivity contribution in [3.05, 3.63) is 0 Å². The Morgan fingerprint density at radius 1 is 1.33 bits per heavy atom. The Hall–Kier alpha value is -0.370. The van der Waals surface area contributed by atoms with Crippen molar-refractivity contribution >= 4 is 28.3 Å². The molecule has 0 fully saturated rings. The molecule has 0 spiro atoms. The zero-order chi connectivity index (χ0) is 13.3. The number of nitrogens with zero attached hydrogens (tertiary/aromatic N) is 1. The number of rotatable bonds is 9. The molecule has 0 atom stereocenters. The summed E-state index contributed by atoms with van der Waals surface area (Å²) in [6.45, 7) is 3.69. The second kappa shape index (κ2) is 10.5. The van der Waals surface area contributed by atoms with E-state index in [1.165, 1.54) is 10.6 Å². The predicted molar refractivity (Wildman–Crippen MR) is 75.3 cm³/mol. The van der Waals surface area contributed by atoms with Gasteiger partial charge in [-0.15, -0.1) is 12.4 Å². The number of hydrogen-bond acceptors (Lipinski definition) is 4. The van der Waals surface area contributed by atoms with Gasteiger partial charge in [-0.25, -0.2) is 12.7 Å². The van der Waals surface area contributed by atoms with E-state index in [2.05, 4.69) is 5.32 Å². The maximum atomic E-state index is 11.3. The van der Waals surface area contributed by atoms with Gasteiger partial charge < -0.3 is 11.1 Å². The van der Waals surface area contributed by atoms with Gasteiger partial charge in [0, 0.05) is 26.1 Å². The molecule has 0 heterocycles. The van der Waals surface area contributed by atoms with E-state index in [0.717, 1.165) is 0 Å². The van der Waals surface area contributed by atoms with E-state index in [9.17, 15) is 13.2 Å². The van der Waals surface area contributed by atoms with Crippen LogP contribution < -0.4 is 11.1 Å².